The quantitative estimate of drug-likeness (QED) is 0.179. The fourth-order valence-electron chi connectivity index (χ4n) is 5.54. The van der Waals surface area contributed by atoms with Gasteiger partial charge in [-0.3, -0.25) is 4.98 Å². The highest BCUT2D eigenvalue weighted by atomic mass is 28.4. The number of pyridine rings is 2. The molecule has 4 aromatic heterocycles. The van der Waals surface area contributed by atoms with E-state index < -0.39 is 25.8 Å². The van der Waals surface area contributed by atoms with E-state index in [-0.39, 0.29) is 29.7 Å². The second-order valence-electron chi connectivity index (χ2n) is 15.1. The van der Waals surface area contributed by atoms with E-state index in [1.807, 2.05) is 50.7 Å². The van der Waals surface area contributed by atoms with Crippen molar-refractivity contribution in [1.29, 1.82) is 0 Å². The monoisotopic (exact) mass is 665 g/mol. The van der Waals surface area contributed by atoms with Crippen LogP contribution in [0.15, 0.2) is 42.9 Å². The summed E-state index contributed by atoms with van der Waals surface area (Å²) in [6.45, 7) is 22.1. The van der Waals surface area contributed by atoms with Gasteiger partial charge in [0.1, 0.15) is 28.4 Å². The zero-order chi connectivity index (χ0) is 34.3. The Hall–Kier alpha value is -3.84. The van der Waals surface area contributed by atoms with Crippen LogP contribution in [0.3, 0.4) is 0 Å². The van der Waals surface area contributed by atoms with E-state index in [0.717, 1.165) is 23.2 Å². The lowest BCUT2D eigenvalue weighted by molar-refractivity contribution is 0.0116. The van der Waals surface area contributed by atoms with E-state index in [1.54, 1.807) is 21.7 Å². The van der Waals surface area contributed by atoms with Gasteiger partial charge in [0.25, 0.3) is 0 Å². The van der Waals surface area contributed by atoms with Gasteiger partial charge in [-0.15, -0.1) is 5.10 Å². The molecule has 0 N–H and O–H groups in total. The summed E-state index contributed by atoms with van der Waals surface area (Å²) in [6, 6.07) is 6.91. The number of nitrogens with zero attached hydrogens (tertiary/aromatic N) is 7. The van der Waals surface area contributed by atoms with Crippen molar-refractivity contribution in [3.8, 4) is 17.0 Å². The van der Waals surface area contributed by atoms with Crippen molar-refractivity contribution < 1.29 is 23.1 Å². The molecule has 1 fully saturated rings. The van der Waals surface area contributed by atoms with Crippen molar-refractivity contribution in [1.82, 2.24) is 34.5 Å². The van der Waals surface area contributed by atoms with Gasteiger partial charge in [0.2, 0.25) is 0 Å². The molecule has 11 nitrogen and oxygen atoms in total. The summed E-state index contributed by atoms with van der Waals surface area (Å²) in [5.74, 6) is 0.297. The molecule has 3 atom stereocenters. The highest BCUT2D eigenvalue weighted by molar-refractivity contribution is 6.74. The van der Waals surface area contributed by atoms with Gasteiger partial charge in [0, 0.05) is 24.8 Å². The molecule has 0 aromatic carbocycles. The van der Waals surface area contributed by atoms with Crippen LogP contribution in [0.25, 0.3) is 16.8 Å². The Morgan fingerprint density at radius 2 is 1.89 bits per heavy atom. The lowest BCUT2D eigenvalue weighted by Gasteiger charge is -2.37. The molecule has 1 unspecified atom stereocenters. The maximum absolute atomic E-state index is 13.9. The van der Waals surface area contributed by atoms with Crippen LogP contribution in [0.2, 0.25) is 18.1 Å². The van der Waals surface area contributed by atoms with Gasteiger partial charge in [-0.05, 0) is 82.4 Å². The number of piperidine rings is 1. The molecule has 1 amide bonds. The molecule has 0 radical (unpaired) electrons. The molecule has 254 valence electrons. The Kier molecular flexibility index (Phi) is 9.53. The van der Waals surface area contributed by atoms with Gasteiger partial charge in [-0.2, -0.15) is 5.10 Å². The van der Waals surface area contributed by atoms with Crippen molar-refractivity contribution in [3.05, 3.63) is 60.1 Å². The molecule has 5 heterocycles. The Morgan fingerprint density at radius 3 is 2.53 bits per heavy atom. The number of ether oxygens (including phenoxy) is 2. The van der Waals surface area contributed by atoms with Crippen LogP contribution < -0.4 is 4.74 Å². The van der Waals surface area contributed by atoms with Crippen LogP contribution >= 0.6 is 0 Å². The Bertz CT molecular complexity index is 1710. The number of likely N-dealkylation sites (tertiary alicyclic amines) is 1. The first-order chi connectivity index (χ1) is 21.9. The molecular weight excluding hydrogens is 618 g/mol. The van der Waals surface area contributed by atoms with Gasteiger partial charge in [-0.1, -0.05) is 32.9 Å². The van der Waals surface area contributed by atoms with Crippen molar-refractivity contribution in [2.45, 2.75) is 97.7 Å². The molecule has 0 aliphatic carbocycles. The van der Waals surface area contributed by atoms with Crippen molar-refractivity contribution in [3.63, 3.8) is 0 Å². The Morgan fingerprint density at radius 1 is 1.15 bits per heavy atom. The molecule has 0 bridgehead atoms. The summed E-state index contributed by atoms with van der Waals surface area (Å²) < 4.78 is 36.4. The molecule has 47 heavy (non-hydrogen) atoms. The first kappa shape index (κ1) is 34.5. The highest BCUT2D eigenvalue weighted by Crippen LogP contribution is 2.39. The summed E-state index contributed by atoms with van der Waals surface area (Å²) in [5, 5.41) is 13.7. The third-order valence-corrected chi connectivity index (χ3v) is 13.7. The number of aromatic nitrogens is 6. The predicted octanol–water partition coefficient (Wildman–Crippen LogP) is 7.40. The normalized spacial score (nSPS) is 18.4. The standard InChI is InChI=1S/C34H48FN7O4Si/c1-22-19-40(32(43)46-33(3,4)5)16-14-27(22)42-23(2)31(38-39-42)24-17-29(28-13-15-37-41(28)20-24)45-30(26-12-11-25(35)18-36-26)21-44-47(9,10)34(6,7)8/h11-13,15,17-18,20,22,27,30H,14,16,19,21H2,1-10H3/t22-,27-,30?/m1/s1. The van der Waals surface area contributed by atoms with Crippen LogP contribution in [0.5, 0.6) is 5.75 Å². The lowest BCUT2D eigenvalue weighted by atomic mass is 9.94. The topological polar surface area (TPSA) is 109 Å². The Balaban J connectivity index is 1.42. The molecular formula is C34H48FN7O4Si. The lowest BCUT2D eigenvalue weighted by Crippen LogP contribution is -2.45. The van der Waals surface area contributed by atoms with Crippen LogP contribution in [0, 0.1) is 18.7 Å². The highest BCUT2D eigenvalue weighted by Gasteiger charge is 2.38. The number of rotatable bonds is 8. The van der Waals surface area contributed by atoms with Gasteiger partial charge >= 0.3 is 6.09 Å². The average molecular weight is 666 g/mol. The van der Waals surface area contributed by atoms with E-state index in [1.165, 1.54) is 12.3 Å². The Labute approximate surface area is 277 Å². The van der Waals surface area contributed by atoms with Gasteiger partial charge in [-0.25, -0.2) is 18.4 Å². The molecule has 0 spiro atoms. The molecule has 1 saturated heterocycles. The average Bonchev–Trinajstić information content (AvgIpc) is 3.61. The predicted molar refractivity (Wildman–Crippen MR) is 180 cm³/mol. The zero-order valence-electron chi connectivity index (χ0n) is 29.2. The van der Waals surface area contributed by atoms with Crippen molar-refractivity contribution in [2.24, 2.45) is 5.92 Å². The van der Waals surface area contributed by atoms with Crippen LogP contribution in [-0.4, -0.2) is 74.2 Å². The van der Waals surface area contributed by atoms with Crippen LogP contribution in [-0.2, 0) is 9.16 Å². The summed E-state index contributed by atoms with van der Waals surface area (Å²) in [6.07, 6.45) is 4.68. The second-order valence-corrected chi connectivity index (χ2v) is 19.9. The fraction of sp³-hybridized carbons (Fsp3) is 0.559. The SMILES string of the molecule is Cc1c(-c2cc(OC(CO[Si](C)(C)C(C)(C)C)c3ccc(F)cn3)c3ccnn3c2)nnn1[C@@H]1CCN(C(=O)OC(C)(C)C)C[C@H]1C. The molecule has 1 aliphatic rings. The van der Waals surface area contributed by atoms with E-state index in [4.69, 9.17) is 13.9 Å². The largest absolute Gasteiger partial charge is 0.479 e. The zero-order valence-corrected chi connectivity index (χ0v) is 30.2. The van der Waals surface area contributed by atoms with E-state index in [0.29, 0.717) is 30.2 Å². The van der Waals surface area contributed by atoms with E-state index in [9.17, 15) is 9.18 Å². The number of carbonyl (C=O) groups is 1. The van der Waals surface area contributed by atoms with Gasteiger partial charge in [0.05, 0.1) is 36.4 Å². The minimum Gasteiger partial charge on any atom is -0.479 e. The third kappa shape index (κ3) is 7.67. The van der Waals surface area contributed by atoms with Gasteiger partial charge < -0.3 is 18.8 Å². The molecule has 0 saturated carbocycles. The summed E-state index contributed by atoms with van der Waals surface area (Å²) in [4.78, 5) is 18.8. The van der Waals surface area contributed by atoms with Crippen molar-refractivity contribution in [2.75, 3.05) is 19.7 Å². The smallest absolute Gasteiger partial charge is 0.410 e. The number of halogens is 1. The number of hydrogen-bond acceptors (Lipinski definition) is 8. The number of carbonyl (C=O) groups excluding carboxylic acids is 1. The summed E-state index contributed by atoms with van der Waals surface area (Å²) >= 11 is 0. The minimum atomic E-state index is -2.13. The number of hydrogen-bond donors (Lipinski definition) is 0. The summed E-state index contributed by atoms with van der Waals surface area (Å²) in [5.41, 5.74) is 3.20. The van der Waals surface area contributed by atoms with Crippen molar-refractivity contribution >= 4 is 19.9 Å². The maximum Gasteiger partial charge on any atom is 0.410 e. The van der Waals surface area contributed by atoms with Crippen LogP contribution in [0.4, 0.5) is 9.18 Å². The number of fused-ring (bicyclic) bond motifs is 1. The first-order valence-corrected chi connectivity index (χ1v) is 19.1. The maximum atomic E-state index is 13.9. The molecule has 5 rings (SSSR count). The third-order valence-electron chi connectivity index (χ3n) is 9.25. The van der Waals surface area contributed by atoms with E-state index in [2.05, 4.69) is 61.2 Å². The molecule has 1 aliphatic heterocycles. The molecule has 13 heteroatoms. The molecule has 4 aromatic rings. The number of amides is 1. The second kappa shape index (κ2) is 13.0. The first-order valence-electron chi connectivity index (χ1n) is 16.2. The summed E-state index contributed by atoms with van der Waals surface area (Å²) in [7, 11) is -2.13. The minimum absolute atomic E-state index is 0.000387. The van der Waals surface area contributed by atoms with E-state index >= 15 is 0 Å². The van der Waals surface area contributed by atoms with Gasteiger partial charge in [0.15, 0.2) is 14.4 Å². The fourth-order valence-corrected chi connectivity index (χ4v) is 6.54. The van der Waals surface area contributed by atoms with Crippen LogP contribution in [0.1, 0.15) is 78.4 Å².